The monoisotopic (exact) mass is 470 g/mol. The van der Waals surface area contributed by atoms with E-state index in [1.807, 2.05) is 45.0 Å². The van der Waals surface area contributed by atoms with Gasteiger partial charge in [0, 0.05) is 58.3 Å². The fourth-order valence-corrected chi connectivity index (χ4v) is 5.23. The van der Waals surface area contributed by atoms with Crippen LogP contribution in [0.5, 0.6) is 5.75 Å². The molecule has 1 aromatic carbocycles. The first-order valence-corrected chi connectivity index (χ1v) is 12.7. The zero-order valence-corrected chi connectivity index (χ0v) is 20.4. The summed E-state index contributed by atoms with van der Waals surface area (Å²) in [5.74, 6) is 1.09. The van der Waals surface area contributed by atoms with Crippen molar-refractivity contribution < 1.29 is 19.1 Å². The number of benzene rings is 1. The van der Waals surface area contributed by atoms with E-state index in [9.17, 15) is 14.4 Å². The molecule has 0 radical (unpaired) electrons. The molecule has 1 atom stereocenters. The van der Waals surface area contributed by atoms with Crippen LogP contribution in [-0.2, 0) is 14.4 Å². The number of nitrogens with zero attached hydrogens (tertiary/aromatic N) is 4. The van der Waals surface area contributed by atoms with E-state index in [1.54, 1.807) is 0 Å². The summed E-state index contributed by atoms with van der Waals surface area (Å²) in [6, 6.07) is 9.49. The Hall–Kier alpha value is -2.61. The van der Waals surface area contributed by atoms with E-state index in [2.05, 4.69) is 11.9 Å². The molecule has 3 aliphatic rings. The summed E-state index contributed by atoms with van der Waals surface area (Å²) in [5.41, 5.74) is 0. The van der Waals surface area contributed by atoms with E-state index < -0.39 is 0 Å². The van der Waals surface area contributed by atoms with Crippen LogP contribution in [0.3, 0.4) is 0 Å². The van der Waals surface area contributed by atoms with Crippen molar-refractivity contribution in [3.63, 3.8) is 0 Å². The van der Waals surface area contributed by atoms with Crippen LogP contribution in [0.4, 0.5) is 0 Å². The van der Waals surface area contributed by atoms with Crippen molar-refractivity contribution in [3.05, 3.63) is 30.3 Å². The number of likely N-dealkylation sites (tertiary alicyclic amines) is 2. The summed E-state index contributed by atoms with van der Waals surface area (Å²) < 4.78 is 5.66. The van der Waals surface area contributed by atoms with Gasteiger partial charge in [-0.25, -0.2) is 0 Å². The molecule has 34 heavy (non-hydrogen) atoms. The minimum atomic E-state index is -0.141. The standard InChI is InChI=1S/C26H38N4O4/c1-27-15-17-29(18-16-27)25(32)21-9-13-28(14-10-21)26(33)22-6-5-12-30(20-22)24(31)11-19-34-23-7-3-2-4-8-23/h2-4,7-8,21-22H,5-6,9-20H2,1H3. The second-order valence-electron chi connectivity index (χ2n) is 9.82. The SMILES string of the molecule is CN1CCN(C(=O)C2CCN(C(=O)C3CCCN(C(=O)CCOc4ccccc4)C3)CC2)CC1. The molecule has 3 amide bonds. The van der Waals surface area contributed by atoms with Gasteiger partial charge in [-0.15, -0.1) is 0 Å². The molecule has 0 spiro atoms. The van der Waals surface area contributed by atoms with Crippen molar-refractivity contribution in [2.24, 2.45) is 11.8 Å². The molecule has 3 aliphatic heterocycles. The Morgan fingerprint density at radius 2 is 1.44 bits per heavy atom. The number of amides is 3. The molecule has 0 N–H and O–H groups in total. The summed E-state index contributed by atoms with van der Waals surface area (Å²) in [5, 5.41) is 0. The molecule has 3 fully saturated rings. The summed E-state index contributed by atoms with van der Waals surface area (Å²) in [6.45, 7) is 6.27. The molecule has 4 rings (SSSR count). The Labute approximate surface area is 202 Å². The first kappa shape index (κ1) is 24.5. The Bertz CT molecular complexity index is 832. The largest absolute Gasteiger partial charge is 0.493 e. The highest BCUT2D eigenvalue weighted by Crippen LogP contribution is 2.25. The minimum Gasteiger partial charge on any atom is -0.493 e. The molecule has 8 heteroatoms. The van der Waals surface area contributed by atoms with Crippen LogP contribution in [0.25, 0.3) is 0 Å². The second-order valence-corrected chi connectivity index (χ2v) is 9.82. The van der Waals surface area contributed by atoms with Crippen LogP contribution in [0.15, 0.2) is 30.3 Å². The first-order valence-electron chi connectivity index (χ1n) is 12.7. The number of para-hydroxylation sites is 1. The summed E-state index contributed by atoms with van der Waals surface area (Å²) in [6.07, 6.45) is 3.46. The van der Waals surface area contributed by atoms with E-state index >= 15 is 0 Å². The molecule has 3 saturated heterocycles. The highest BCUT2D eigenvalue weighted by molar-refractivity contribution is 5.82. The van der Waals surface area contributed by atoms with E-state index in [1.165, 1.54) is 0 Å². The predicted molar refractivity (Wildman–Crippen MR) is 129 cm³/mol. The summed E-state index contributed by atoms with van der Waals surface area (Å²) in [4.78, 5) is 46.8. The topological polar surface area (TPSA) is 73.4 Å². The van der Waals surface area contributed by atoms with Gasteiger partial charge in [0.1, 0.15) is 5.75 Å². The molecule has 0 aromatic heterocycles. The predicted octanol–water partition coefficient (Wildman–Crippen LogP) is 1.71. The molecule has 0 bridgehead atoms. The highest BCUT2D eigenvalue weighted by Gasteiger charge is 2.35. The average Bonchev–Trinajstić information content (AvgIpc) is 2.89. The van der Waals surface area contributed by atoms with Gasteiger partial charge in [-0.2, -0.15) is 0 Å². The third-order valence-electron chi connectivity index (χ3n) is 7.42. The summed E-state index contributed by atoms with van der Waals surface area (Å²) in [7, 11) is 2.09. The van der Waals surface area contributed by atoms with Crippen LogP contribution in [-0.4, -0.2) is 103 Å². The first-order chi connectivity index (χ1) is 16.5. The average molecular weight is 471 g/mol. The van der Waals surface area contributed by atoms with Gasteiger partial charge in [0.15, 0.2) is 0 Å². The summed E-state index contributed by atoms with van der Waals surface area (Å²) >= 11 is 0. The molecule has 1 aromatic rings. The van der Waals surface area contributed by atoms with Crippen LogP contribution in [0, 0.1) is 11.8 Å². The number of hydrogen-bond acceptors (Lipinski definition) is 5. The van der Waals surface area contributed by atoms with E-state index in [4.69, 9.17) is 4.74 Å². The molecule has 0 saturated carbocycles. The van der Waals surface area contributed by atoms with E-state index in [0.717, 1.165) is 57.6 Å². The number of rotatable bonds is 6. The lowest BCUT2D eigenvalue weighted by molar-refractivity contribution is -0.146. The maximum Gasteiger partial charge on any atom is 0.227 e. The third-order valence-corrected chi connectivity index (χ3v) is 7.42. The molecule has 186 valence electrons. The van der Waals surface area contributed by atoms with Gasteiger partial charge < -0.3 is 24.3 Å². The van der Waals surface area contributed by atoms with Gasteiger partial charge in [0.25, 0.3) is 0 Å². The number of ether oxygens (including phenoxy) is 1. The van der Waals surface area contributed by atoms with Gasteiger partial charge in [-0.1, -0.05) is 18.2 Å². The quantitative estimate of drug-likeness (QED) is 0.633. The zero-order chi connectivity index (χ0) is 23.9. The second kappa shape index (κ2) is 11.7. The number of piperidine rings is 2. The number of hydrogen-bond donors (Lipinski definition) is 0. The lowest BCUT2D eigenvalue weighted by Crippen LogP contribution is -2.52. The van der Waals surface area contributed by atoms with Crippen LogP contribution in [0.1, 0.15) is 32.1 Å². The van der Waals surface area contributed by atoms with Crippen LogP contribution in [0.2, 0.25) is 0 Å². The van der Waals surface area contributed by atoms with Crippen molar-refractivity contribution in [3.8, 4) is 5.75 Å². The molecular formula is C26H38N4O4. The number of carbonyl (C=O) groups is 3. The van der Waals surface area contributed by atoms with E-state index in [0.29, 0.717) is 39.2 Å². The van der Waals surface area contributed by atoms with Crippen LogP contribution < -0.4 is 4.74 Å². The molecule has 8 nitrogen and oxygen atoms in total. The van der Waals surface area contributed by atoms with Crippen molar-refractivity contribution in [1.82, 2.24) is 19.6 Å². The van der Waals surface area contributed by atoms with Gasteiger partial charge in [0.05, 0.1) is 18.9 Å². The zero-order valence-electron chi connectivity index (χ0n) is 20.4. The Kier molecular flexibility index (Phi) is 8.43. The van der Waals surface area contributed by atoms with Gasteiger partial charge in [0.2, 0.25) is 17.7 Å². The Morgan fingerprint density at radius 1 is 0.794 bits per heavy atom. The van der Waals surface area contributed by atoms with Crippen molar-refractivity contribution >= 4 is 17.7 Å². The van der Waals surface area contributed by atoms with Gasteiger partial charge >= 0.3 is 0 Å². The Morgan fingerprint density at radius 3 is 2.15 bits per heavy atom. The molecular weight excluding hydrogens is 432 g/mol. The van der Waals surface area contributed by atoms with Crippen molar-refractivity contribution in [1.29, 1.82) is 0 Å². The lowest BCUT2D eigenvalue weighted by Gasteiger charge is -2.39. The third kappa shape index (κ3) is 6.29. The molecule has 0 aliphatic carbocycles. The molecule has 1 unspecified atom stereocenters. The fraction of sp³-hybridized carbons (Fsp3) is 0.654. The number of carbonyl (C=O) groups excluding carboxylic acids is 3. The normalized spacial score (nSPS) is 22.5. The molecule has 3 heterocycles. The highest BCUT2D eigenvalue weighted by atomic mass is 16.5. The fourth-order valence-electron chi connectivity index (χ4n) is 5.23. The smallest absolute Gasteiger partial charge is 0.227 e. The van der Waals surface area contributed by atoms with Crippen molar-refractivity contribution in [2.75, 3.05) is 66.0 Å². The van der Waals surface area contributed by atoms with Crippen LogP contribution >= 0.6 is 0 Å². The Balaban J connectivity index is 1.20. The van der Waals surface area contributed by atoms with Crippen molar-refractivity contribution in [2.45, 2.75) is 32.1 Å². The number of likely N-dealkylation sites (N-methyl/N-ethyl adjacent to an activating group) is 1. The number of piperazine rings is 1. The van der Waals surface area contributed by atoms with Gasteiger partial charge in [-0.05, 0) is 44.9 Å². The maximum absolute atomic E-state index is 13.2. The van der Waals surface area contributed by atoms with Gasteiger partial charge in [-0.3, -0.25) is 14.4 Å². The van der Waals surface area contributed by atoms with E-state index in [-0.39, 0.29) is 29.6 Å². The maximum atomic E-state index is 13.2. The lowest BCUT2D eigenvalue weighted by atomic mass is 9.91. The minimum absolute atomic E-state index is 0.0292.